The van der Waals surface area contributed by atoms with Crippen LogP contribution in [0.5, 0.6) is 5.75 Å². The van der Waals surface area contributed by atoms with E-state index in [9.17, 15) is 18.0 Å². The van der Waals surface area contributed by atoms with Gasteiger partial charge in [-0.1, -0.05) is 23.8 Å². The Balaban J connectivity index is 1.76. The van der Waals surface area contributed by atoms with Crippen molar-refractivity contribution in [3.05, 3.63) is 88.8 Å². The second-order valence-corrected chi connectivity index (χ2v) is 6.48. The Morgan fingerprint density at radius 2 is 1.73 bits per heavy atom. The van der Waals surface area contributed by atoms with Crippen molar-refractivity contribution in [1.82, 2.24) is 19.6 Å². The Morgan fingerprint density at radius 1 is 0.967 bits per heavy atom. The molecule has 0 N–H and O–H groups in total. The van der Waals surface area contributed by atoms with Gasteiger partial charge in [-0.05, 0) is 37.3 Å². The summed E-state index contributed by atoms with van der Waals surface area (Å²) in [6.45, 7) is 1.96. The highest BCUT2D eigenvalue weighted by Gasteiger charge is 2.31. The van der Waals surface area contributed by atoms with Gasteiger partial charge >= 0.3 is 6.36 Å². The summed E-state index contributed by atoms with van der Waals surface area (Å²) in [7, 11) is 0. The minimum atomic E-state index is -4.80. The van der Waals surface area contributed by atoms with Crippen LogP contribution >= 0.6 is 0 Å². The number of alkyl halides is 3. The number of aromatic nitrogens is 4. The molecule has 0 bridgehead atoms. The summed E-state index contributed by atoms with van der Waals surface area (Å²) in [6, 6.07) is 15.9. The van der Waals surface area contributed by atoms with Crippen LogP contribution in [0.1, 0.15) is 5.56 Å². The Kier molecular flexibility index (Phi) is 4.86. The maximum atomic E-state index is 12.5. The number of benzene rings is 2. The van der Waals surface area contributed by atoms with Crippen LogP contribution in [0, 0.1) is 6.92 Å². The average Bonchev–Trinajstić information content (AvgIpc) is 3.17. The molecular weight excluding hydrogens is 397 g/mol. The van der Waals surface area contributed by atoms with Crippen LogP contribution in [0.4, 0.5) is 13.2 Å². The van der Waals surface area contributed by atoms with Gasteiger partial charge in [0.05, 0.1) is 23.3 Å². The first-order chi connectivity index (χ1) is 14.3. The number of ether oxygens (including phenoxy) is 1. The standard InChI is InChI=1S/C21H15F3N4O2/c1-14-5-7-15(8-6-14)28-18(9-11-25-28)20-19(29)10-12-27(26-20)16-3-2-4-17(13-16)30-21(22,23)24/h2-13H,1H3. The molecule has 0 radical (unpaired) electrons. The number of halogens is 3. The van der Waals surface area contributed by atoms with Crippen LogP contribution in [0.15, 0.2) is 77.9 Å². The van der Waals surface area contributed by atoms with Crippen LogP contribution in [0.25, 0.3) is 22.8 Å². The van der Waals surface area contributed by atoms with Gasteiger partial charge in [0.25, 0.3) is 0 Å². The first-order valence-corrected chi connectivity index (χ1v) is 8.88. The summed E-state index contributed by atoms with van der Waals surface area (Å²) in [5.41, 5.74) is 2.35. The predicted octanol–water partition coefficient (Wildman–Crippen LogP) is 4.29. The number of rotatable bonds is 4. The first-order valence-electron chi connectivity index (χ1n) is 8.88. The highest BCUT2D eigenvalue weighted by Crippen LogP contribution is 2.25. The molecule has 0 aliphatic carbocycles. The lowest BCUT2D eigenvalue weighted by Crippen LogP contribution is -2.17. The molecule has 0 aliphatic heterocycles. The van der Waals surface area contributed by atoms with Crippen molar-refractivity contribution in [2.45, 2.75) is 13.3 Å². The van der Waals surface area contributed by atoms with Gasteiger partial charge in [0.15, 0.2) is 5.69 Å². The lowest BCUT2D eigenvalue weighted by Gasteiger charge is -2.12. The fourth-order valence-corrected chi connectivity index (χ4v) is 2.93. The molecule has 4 rings (SSSR count). The van der Waals surface area contributed by atoms with Crippen molar-refractivity contribution in [2.24, 2.45) is 0 Å². The maximum Gasteiger partial charge on any atom is 0.573 e. The molecular formula is C21H15F3N4O2. The maximum absolute atomic E-state index is 12.5. The van der Waals surface area contributed by atoms with E-state index >= 15 is 0 Å². The molecule has 0 saturated carbocycles. The molecule has 0 aliphatic rings. The normalized spacial score (nSPS) is 11.5. The largest absolute Gasteiger partial charge is 0.573 e. The summed E-state index contributed by atoms with van der Waals surface area (Å²) in [5, 5.41) is 8.61. The smallest absolute Gasteiger partial charge is 0.406 e. The summed E-state index contributed by atoms with van der Waals surface area (Å²) >= 11 is 0. The van der Waals surface area contributed by atoms with Crippen LogP contribution in [0.2, 0.25) is 0 Å². The Morgan fingerprint density at radius 3 is 2.47 bits per heavy atom. The quantitative estimate of drug-likeness (QED) is 0.502. The third kappa shape index (κ3) is 4.09. The van der Waals surface area contributed by atoms with Gasteiger partial charge in [0.1, 0.15) is 5.75 Å². The van der Waals surface area contributed by atoms with Gasteiger partial charge in [-0.2, -0.15) is 10.2 Å². The Labute approximate surface area is 168 Å². The zero-order chi connectivity index (χ0) is 21.3. The lowest BCUT2D eigenvalue weighted by molar-refractivity contribution is -0.274. The second-order valence-electron chi connectivity index (χ2n) is 6.48. The van der Waals surface area contributed by atoms with Gasteiger partial charge < -0.3 is 4.74 Å². The summed E-state index contributed by atoms with van der Waals surface area (Å²) in [5.74, 6) is -0.383. The number of hydrogen-bond acceptors (Lipinski definition) is 4. The van der Waals surface area contributed by atoms with E-state index in [2.05, 4.69) is 14.9 Å². The van der Waals surface area contributed by atoms with Gasteiger partial charge in [0, 0.05) is 18.3 Å². The molecule has 0 saturated heterocycles. The lowest BCUT2D eigenvalue weighted by atomic mass is 10.2. The van der Waals surface area contributed by atoms with Crippen molar-refractivity contribution < 1.29 is 17.9 Å². The third-order valence-electron chi connectivity index (χ3n) is 4.29. The van der Waals surface area contributed by atoms with Crippen LogP contribution in [-0.2, 0) is 0 Å². The minimum Gasteiger partial charge on any atom is -0.406 e. The second kappa shape index (κ2) is 7.51. The van der Waals surface area contributed by atoms with E-state index in [4.69, 9.17) is 0 Å². The number of hydrogen-bond donors (Lipinski definition) is 0. The highest BCUT2D eigenvalue weighted by atomic mass is 19.4. The molecule has 2 heterocycles. The molecule has 2 aromatic heterocycles. The van der Waals surface area contributed by atoms with E-state index in [0.717, 1.165) is 11.3 Å². The fraction of sp³-hybridized carbons (Fsp3) is 0.0952. The van der Waals surface area contributed by atoms with Crippen molar-refractivity contribution in [1.29, 1.82) is 0 Å². The monoisotopic (exact) mass is 412 g/mol. The predicted molar refractivity (Wildman–Crippen MR) is 104 cm³/mol. The summed E-state index contributed by atoms with van der Waals surface area (Å²) in [6.07, 6.45) is -1.88. The minimum absolute atomic E-state index is 0.109. The van der Waals surface area contributed by atoms with Crippen LogP contribution < -0.4 is 10.2 Å². The van der Waals surface area contributed by atoms with Gasteiger partial charge in [-0.25, -0.2) is 9.36 Å². The van der Waals surface area contributed by atoms with Crippen LogP contribution in [0.3, 0.4) is 0 Å². The zero-order valence-electron chi connectivity index (χ0n) is 15.7. The molecule has 0 atom stereocenters. The molecule has 152 valence electrons. The molecule has 0 spiro atoms. The van der Waals surface area contributed by atoms with E-state index in [1.54, 1.807) is 23.0 Å². The van der Waals surface area contributed by atoms with Crippen molar-refractivity contribution in [3.8, 4) is 28.5 Å². The molecule has 0 amide bonds. The van der Waals surface area contributed by atoms with Crippen molar-refractivity contribution in [3.63, 3.8) is 0 Å². The van der Waals surface area contributed by atoms with E-state index < -0.39 is 6.36 Å². The molecule has 9 heteroatoms. The van der Waals surface area contributed by atoms with E-state index in [1.165, 1.54) is 35.1 Å². The molecule has 6 nitrogen and oxygen atoms in total. The highest BCUT2D eigenvalue weighted by molar-refractivity contribution is 5.57. The van der Waals surface area contributed by atoms with Crippen molar-refractivity contribution in [2.75, 3.05) is 0 Å². The van der Waals surface area contributed by atoms with E-state index in [-0.39, 0.29) is 16.9 Å². The number of nitrogens with zero attached hydrogens (tertiary/aromatic N) is 4. The topological polar surface area (TPSA) is 61.9 Å². The molecule has 0 unspecified atom stereocenters. The molecule has 4 aromatic rings. The van der Waals surface area contributed by atoms with E-state index in [0.29, 0.717) is 11.4 Å². The average molecular weight is 412 g/mol. The van der Waals surface area contributed by atoms with Crippen LogP contribution in [-0.4, -0.2) is 25.9 Å². The van der Waals surface area contributed by atoms with Gasteiger partial charge in [-0.15, -0.1) is 13.2 Å². The molecule has 30 heavy (non-hydrogen) atoms. The molecule has 0 fully saturated rings. The SMILES string of the molecule is Cc1ccc(-n2nccc2-c2nn(-c3cccc(OC(F)(F)F)c3)ccc2=O)cc1. The third-order valence-corrected chi connectivity index (χ3v) is 4.29. The van der Waals surface area contributed by atoms with Gasteiger partial charge in [-0.3, -0.25) is 4.79 Å². The Hall–Kier alpha value is -3.88. The Bertz CT molecular complexity index is 1240. The summed E-state index contributed by atoms with van der Waals surface area (Å²) in [4.78, 5) is 12.5. The molecule has 2 aromatic carbocycles. The summed E-state index contributed by atoms with van der Waals surface area (Å²) < 4.78 is 44.4. The number of aryl methyl sites for hydroxylation is 1. The fourth-order valence-electron chi connectivity index (χ4n) is 2.93. The van der Waals surface area contributed by atoms with Gasteiger partial charge in [0.2, 0.25) is 5.43 Å². The first kappa shape index (κ1) is 19.4. The van der Waals surface area contributed by atoms with Crippen molar-refractivity contribution >= 4 is 0 Å². The van der Waals surface area contributed by atoms with E-state index in [1.807, 2.05) is 31.2 Å². The zero-order valence-corrected chi connectivity index (χ0v) is 15.7.